The summed E-state index contributed by atoms with van der Waals surface area (Å²) in [7, 11) is 1.96. The topological polar surface area (TPSA) is 24.1 Å². The molecule has 0 saturated carbocycles. The maximum Gasteiger partial charge on any atom is 0.0206 e. The summed E-state index contributed by atoms with van der Waals surface area (Å²) < 4.78 is 0. The lowest BCUT2D eigenvalue weighted by Gasteiger charge is -2.03. The first-order valence-corrected chi connectivity index (χ1v) is 4.32. The summed E-state index contributed by atoms with van der Waals surface area (Å²) in [6.07, 6.45) is 0. The normalized spacial score (nSPS) is 8.64. The van der Waals surface area contributed by atoms with Crippen molar-refractivity contribution in [1.82, 2.24) is 10.6 Å². The van der Waals surface area contributed by atoms with Crippen molar-refractivity contribution in [3.8, 4) is 0 Å². The summed E-state index contributed by atoms with van der Waals surface area (Å²) in [5.74, 6) is 0. The second-order valence-electron chi connectivity index (χ2n) is 2.77. The predicted octanol–water partition coefficient (Wildman–Crippen LogP) is 1.84. The summed E-state index contributed by atoms with van der Waals surface area (Å²) >= 11 is 0. The van der Waals surface area contributed by atoms with Gasteiger partial charge in [0.1, 0.15) is 0 Å². The third-order valence-electron chi connectivity index (χ3n) is 1.72. The Kier molecular flexibility index (Phi) is 12.5. The minimum absolute atomic E-state index is 0. The molecule has 0 spiro atoms. The molecule has 4 heteroatoms. The van der Waals surface area contributed by atoms with Crippen molar-refractivity contribution in [2.75, 3.05) is 20.1 Å². The molecule has 1 aromatic rings. The van der Waals surface area contributed by atoms with Crippen molar-refractivity contribution in [3.63, 3.8) is 0 Å². The van der Waals surface area contributed by atoms with Gasteiger partial charge in [0.05, 0.1) is 0 Å². The van der Waals surface area contributed by atoms with Crippen LogP contribution >= 0.6 is 24.8 Å². The van der Waals surface area contributed by atoms with Gasteiger partial charge in [-0.05, 0) is 12.6 Å². The monoisotopic (exact) mass is 236 g/mol. The van der Waals surface area contributed by atoms with Crippen LogP contribution in [-0.4, -0.2) is 20.1 Å². The van der Waals surface area contributed by atoms with E-state index in [1.807, 2.05) is 13.1 Å². The van der Waals surface area contributed by atoms with Gasteiger partial charge in [0.2, 0.25) is 0 Å². The van der Waals surface area contributed by atoms with Crippen molar-refractivity contribution < 1.29 is 0 Å². The number of rotatable bonds is 5. The Morgan fingerprint density at radius 2 is 1.64 bits per heavy atom. The molecule has 2 N–H and O–H groups in total. The maximum absolute atomic E-state index is 3.34. The Labute approximate surface area is 98.3 Å². The van der Waals surface area contributed by atoms with Crippen molar-refractivity contribution in [3.05, 3.63) is 35.9 Å². The van der Waals surface area contributed by atoms with Gasteiger partial charge >= 0.3 is 0 Å². The van der Waals surface area contributed by atoms with Gasteiger partial charge in [0.15, 0.2) is 0 Å². The van der Waals surface area contributed by atoms with Crippen LogP contribution in [-0.2, 0) is 6.54 Å². The van der Waals surface area contributed by atoms with Gasteiger partial charge in [-0.3, -0.25) is 0 Å². The van der Waals surface area contributed by atoms with Gasteiger partial charge in [-0.1, -0.05) is 30.3 Å². The average molecular weight is 237 g/mol. The molecule has 0 radical (unpaired) electrons. The Hall–Kier alpha value is -0.280. The van der Waals surface area contributed by atoms with Crippen LogP contribution in [0, 0.1) is 0 Å². The highest BCUT2D eigenvalue weighted by Gasteiger charge is 1.88. The zero-order valence-electron chi connectivity index (χ0n) is 8.32. The Balaban J connectivity index is 0. The van der Waals surface area contributed by atoms with Gasteiger partial charge in [0.25, 0.3) is 0 Å². The first-order valence-electron chi connectivity index (χ1n) is 4.32. The van der Waals surface area contributed by atoms with Crippen LogP contribution in [0.3, 0.4) is 0 Å². The summed E-state index contributed by atoms with van der Waals surface area (Å²) in [4.78, 5) is 0. The lowest BCUT2D eigenvalue weighted by molar-refractivity contribution is 0.651. The van der Waals surface area contributed by atoms with Crippen LogP contribution < -0.4 is 10.6 Å². The third kappa shape index (κ3) is 7.15. The van der Waals surface area contributed by atoms with Gasteiger partial charge < -0.3 is 10.6 Å². The lowest BCUT2D eigenvalue weighted by Crippen LogP contribution is -2.24. The molecule has 0 saturated heterocycles. The van der Waals surface area contributed by atoms with E-state index in [0.717, 1.165) is 19.6 Å². The molecular weight excluding hydrogens is 219 g/mol. The van der Waals surface area contributed by atoms with Crippen molar-refractivity contribution in [2.45, 2.75) is 6.54 Å². The highest BCUT2D eigenvalue weighted by Crippen LogP contribution is 1.96. The molecule has 1 aromatic carbocycles. The van der Waals surface area contributed by atoms with Crippen LogP contribution in [0.25, 0.3) is 0 Å². The molecule has 0 heterocycles. The molecule has 0 atom stereocenters. The van der Waals surface area contributed by atoms with Crippen LogP contribution in [0.15, 0.2) is 30.3 Å². The number of likely N-dealkylation sites (N-methyl/N-ethyl adjacent to an activating group) is 1. The van der Waals surface area contributed by atoms with E-state index in [4.69, 9.17) is 0 Å². The minimum Gasteiger partial charge on any atom is -0.318 e. The van der Waals surface area contributed by atoms with Crippen LogP contribution in [0.5, 0.6) is 0 Å². The Morgan fingerprint density at radius 3 is 2.21 bits per heavy atom. The molecule has 1 rings (SSSR count). The molecule has 0 aromatic heterocycles. The zero-order chi connectivity index (χ0) is 8.65. The molecule has 2 nitrogen and oxygen atoms in total. The quantitative estimate of drug-likeness (QED) is 0.763. The SMILES string of the molecule is CNCCNCc1ccccc1.Cl.Cl. The third-order valence-corrected chi connectivity index (χ3v) is 1.72. The Morgan fingerprint density at radius 1 is 1.00 bits per heavy atom. The summed E-state index contributed by atoms with van der Waals surface area (Å²) in [5.41, 5.74) is 1.34. The number of halogens is 2. The first-order chi connectivity index (χ1) is 5.93. The molecule has 0 unspecified atom stereocenters. The van der Waals surface area contributed by atoms with E-state index in [1.54, 1.807) is 0 Å². The first kappa shape index (κ1) is 16.2. The fraction of sp³-hybridized carbons (Fsp3) is 0.400. The predicted molar refractivity (Wildman–Crippen MR) is 66.6 cm³/mol. The molecule has 0 aliphatic heterocycles. The van der Waals surface area contributed by atoms with Crippen LogP contribution in [0.4, 0.5) is 0 Å². The standard InChI is InChI=1S/C10H16N2.2ClH/c1-11-7-8-12-9-10-5-3-2-4-6-10;;/h2-6,11-12H,7-9H2,1H3;2*1H. The second-order valence-corrected chi connectivity index (χ2v) is 2.77. The van der Waals surface area contributed by atoms with E-state index in [9.17, 15) is 0 Å². The van der Waals surface area contributed by atoms with E-state index in [2.05, 4.69) is 34.9 Å². The molecule has 14 heavy (non-hydrogen) atoms. The maximum atomic E-state index is 3.34. The average Bonchev–Trinajstić information content (AvgIpc) is 2.14. The summed E-state index contributed by atoms with van der Waals surface area (Å²) in [5, 5.41) is 6.43. The molecule has 0 bridgehead atoms. The number of benzene rings is 1. The summed E-state index contributed by atoms with van der Waals surface area (Å²) in [6.45, 7) is 3.00. The van der Waals surface area contributed by atoms with Gasteiger partial charge in [-0.25, -0.2) is 0 Å². The molecular formula is C10H18Cl2N2. The molecule has 82 valence electrons. The van der Waals surface area contributed by atoms with Gasteiger partial charge in [-0.15, -0.1) is 24.8 Å². The lowest BCUT2D eigenvalue weighted by atomic mass is 10.2. The molecule has 0 amide bonds. The summed E-state index contributed by atoms with van der Waals surface area (Å²) in [6, 6.07) is 10.4. The number of nitrogens with one attached hydrogen (secondary N) is 2. The molecule has 0 aliphatic carbocycles. The Bertz CT molecular complexity index is 205. The number of hydrogen-bond donors (Lipinski definition) is 2. The van der Waals surface area contributed by atoms with Gasteiger partial charge in [-0.2, -0.15) is 0 Å². The van der Waals surface area contributed by atoms with Gasteiger partial charge in [0, 0.05) is 19.6 Å². The number of hydrogen-bond acceptors (Lipinski definition) is 2. The minimum atomic E-state index is 0. The highest BCUT2D eigenvalue weighted by molar-refractivity contribution is 5.85. The van der Waals surface area contributed by atoms with E-state index in [-0.39, 0.29) is 24.8 Å². The fourth-order valence-electron chi connectivity index (χ4n) is 1.04. The van der Waals surface area contributed by atoms with Crippen molar-refractivity contribution in [1.29, 1.82) is 0 Å². The zero-order valence-corrected chi connectivity index (χ0v) is 9.96. The van der Waals surface area contributed by atoms with E-state index < -0.39 is 0 Å². The molecule has 0 aliphatic rings. The van der Waals surface area contributed by atoms with Crippen LogP contribution in [0.2, 0.25) is 0 Å². The van der Waals surface area contributed by atoms with Crippen molar-refractivity contribution >= 4 is 24.8 Å². The fourth-order valence-corrected chi connectivity index (χ4v) is 1.04. The second kappa shape index (κ2) is 10.8. The van der Waals surface area contributed by atoms with Crippen molar-refractivity contribution in [2.24, 2.45) is 0 Å². The van der Waals surface area contributed by atoms with E-state index in [1.165, 1.54) is 5.56 Å². The highest BCUT2D eigenvalue weighted by atomic mass is 35.5. The van der Waals surface area contributed by atoms with Crippen LogP contribution in [0.1, 0.15) is 5.56 Å². The smallest absolute Gasteiger partial charge is 0.0206 e. The largest absolute Gasteiger partial charge is 0.318 e. The molecule has 0 fully saturated rings. The van der Waals surface area contributed by atoms with E-state index >= 15 is 0 Å². The van der Waals surface area contributed by atoms with E-state index in [0.29, 0.717) is 0 Å².